The maximum absolute atomic E-state index is 13.8. The second-order valence-electron chi connectivity index (χ2n) is 5.29. The third kappa shape index (κ3) is 3.88. The predicted octanol–water partition coefficient (Wildman–Crippen LogP) is 4.01. The molecule has 1 amide bonds. The van der Waals surface area contributed by atoms with Gasteiger partial charge in [-0.25, -0.2) is 18.2 Å². The van der Waals surface area contributed by atoms with E-state index in [-0.39, 0.29) is 16.5 Å². The molecule has 1 atom stereocenters. The summed E-state index contributed by atoms with van der Waals surface area (Å²) in [6.07, 6.45) is 0. The lowest BCUT2D eigenvalue weighted by Gasteiger charge is -2.11. The van der Waals surface area contributed by atoms with E-state index >= 15 is 0 Å². The molecule has 0 aliphatic carbocycles. The van der Waals surface area contributed by atoms with Gasteiger partial charge in [-0.3, -0.25) is 9.89 Å². The lowest BCUT2D eigenvalue weighted by Crippen LogP contribution is -2.23. The molecule has 3 aromatic rings. The third-order valence-electron chi connectivity index (χ3n) is 3.46. The van der Waals surface area contributed by atoms with Gasteiger partial charge in [0.05, 0.1) is 10.8 Å². The van der Waals surface area contributed by atoms with Gasteiger partial charge < -0.3 is 5.32 Å². The molecule has 9 heteroatoms. The topological polar surface area (TPSA) is 70.7 Å². The highest BCUT2D eigenvalue weighted by Crippen LogP contribution is 2.25. The summed E-state index contributed by atoms with van der Waals surface area (Å²) in [5, 5.41) is 8.21. The molecular formula is C17H13F3N4OS. The Labute approximate surface area is 151 Å². The molecule has 0 bridgehead atoms. The van der Waals surface area contributed by atoms with Crippen LogP contribution in [0.4, 0.5) is 18.9 Å². The van der Waals surface area contributed by atoms with Gasteiger partial charge in [0.2, 0.25) is 11.1 Å². The number of H-pyrrole nitrogens is 1. The number of nitrogens with one attached hydrogen (secondary N) is 2. The highest BCUT2D eigenvalue weighted by Gasteiger charge is 2.20. The van der Waals surface area contributed by atoms with Crippen LogP contribution >= 0.6 is 11.8 Å². The zero-order valence-corrected chi connectivity index (χ0v) is 14.3. The van der Waals surface area contributed by atoms with Crippen molar-refractivity contribution in [1.29, 1.82) is 0 Å². The Kier molecular flexibility index (Phi) is 5.27. The number of rotatable bonds is 5. The number of aromatic nitrogens is 3. The predicted molar refractivity (Wildman–Crippen MR) is 92.1 cm³/mol. The number of anilines is 1. The molecule has 134 valence electrons. The first-order chi connectivity index (χ1) is 12.5. The van der Waals surface area contributed by atoms with Crippen molar-refractivity contribution in [3.63, 3.8) is 0 Å². The normalized spacial score (nSPS) is 12.0. The fraction of sp³-hybridized carbons (Fsp3) is 0.118. The summed E-state index contributed by atoms with van der Waals surface area (Å²) in [5.41, 5.74) is -0.260. The standard InChI is InChI=1S/C17H13F3N4OS/c1-9(16(25)21-14-12(19)7-4-8-13(14)20)26-17-22-15(23-24-17)10-5-2-3-6-11(10)18/h2-9H,1H3,(H,21,25)(H,22,23,24). The SMILES string of the molecule is CC(Sc1n[nH]c(-c2ccccc2F)n1)C(=O)Nc1c(F)cccc1F. The summed E-state index contributed by atoms with van der Waals surface area (Å²) in [6, 6.07) is 9.35. The zero-order chi connectivity index (χ0) is 18.7. The number of hydrogen-bond donors (Lipinski definition) is 2. The van der Waals surface area contributed by atoms with E-state index in [0.717, 1.165) is 23.9 Å². The molecule has 2 N–H and O–H groups in total. The Morgan fingerprint density at radius 1 is 1.08 bits per heavy atom. The van der Waals surface area contributed by atoms with Crippen LogP contribution in [0.2, 0.25) is 0 Å². The highest BCUT2D eigenvalue weighted by atomic mass is 32.2. The van der Waals surface area contributed by atoms with Crippen LogP contribution in [0.15, 0.2) is 47.6 Å². The van der Waals surface area contributed by atoms with Crippen LogP contribution < -0.4 is 5.32 Å². The van der Waals surface area contributed by atoms with Gasteiger partial charge in [0.1, 0.15) is 23.1 Å². The maximum Gasteiger partial charge on any atom is 0.237 e. The second kappa shape index (κ2) is 7.61. The summed E-state index contributed by atoms with van der Waals surface area (Å²) >= 11 is 0.971. The molecule has 2 aromatic carbocycles. The largest absolute Gasteiger partial charge is 0.320 e. The smallest absolute Gasteiger partial charge is 0.237 e. The molecule has 0 aliphatic heterocycles. The van der Waals surface area contributed by atoms with Crippen LogP contribution in [0.3, 0.4) is 0 Å². The van der Waals surface area contributed by atoms with Gasteiger partial charge in [-0.2, -0.15) is 0 Å². The molecule has 1 heterocycles. The molecule has 3 rings (SSSR count). The lowest BCUT2D eigenvalue weighted by atomic mass is 10.2. The van der Waals surface area contributed by atoms with Crippen LogP contribution in [-0.4, -0.2) is 26.3 Å². The van der Waals surface area contributed by atoms with Crippen molar-refractivity contribution in [3.05, 3.63) is 59.9 Å². The number of amides is 1. The number of hydrogen-bond acceptors (Lipinski definition) is 4. The second-order valence-corrected chi connectivity index (χ2v) is 6.60. The van der Waals surface area contributed by atoms with E-state index in [4.69, 9.17) is 0 Å². The summed E-state index contributed by atoms with van der Waals surface area (Å²) < 4.78 is 41.0. The molecule has 0 fully saturated rings. The summed E-state index contributed by atoms with van der Waals surface area (Å²) in [7, 11) is 0. The van der Waals surface area contributed by atoms with E-state index < -0.39 is 34.3 Å². The van der Waals surface area contributed by atoms with Gasteiger partial charge in [-0.05, 0) is 31.2 Å². The first-order valence-electron chi connectivity index (χ1n) is 7.54. The molecule has 0 saturated carbocycles. The van der Waals surface area contributed by atoms with E-state index in [0.29, 0.717) is 0 Å². The molecule has 0 spiro atoms. The van der Waals surface area contributed by atoms with Crippen LogP contribution in [-0.2, 0) is 4.79 Å². The van der Waals surface area contributed by atoms with E-state index in [2.05, 4.69) is 20.5 Å². The maximum atomic E-state index is 13.8. The lowest BCUT2D eigenvalue weighted by molar-refractivity contribution is -0.115. The average molecular weight is 378 g/mol. The van der Waals surface area contributed by atoms with Crippen molar-refractivity contribution >= 4 is 23.4 Å². The molecule has 26 heavy (non-hydrogen) atoms. The van der Waals surface area contributed by atoms with E-state index in [1.165, 1.54) is 19.1 Å². The van der Waals surface area contributed by atoms with E-state index in [1.807, 2.05) is 0 Å². The average Bonchev–Trinajstić information content (AvgIpc) is 3.06. The van der Waals surface area contributed by atoms with Gasteiger partial charge in [-0.1, -0.05) is 30.0 Å². The van der Waals surface area contributed by atoms with Crippen molar-refractivity contribution in [3.8, 4) is 11.4 Å². The van der Waals surface area contributed by atoms with Crippen molar-refractivity contribution in [2.75, 3.05) is 5.32 Å². The van der Waals surface area contributed by atoms with E-state index in [1.54, 1.807) is 18.2 Å². The number of carbonyl (C=O) groups is 1. The minimum Gasteiger partial charge on any atom is -0.320 e. The summed E-state index contributed by atoms with van der Waals surface area (Å²) in [6.45, 7) is 1.54. The van der Waals surface area contributed by atoms with Crippen LogP contribution in [0.25, 0.3) is 11.4 Å². The number of aromatic amines is 1. The quantitative estimate of drug-likeness (QED) is 0.658. The molecule has 1 aromatic heterocycles. The number of halogens is 3. The molecule has 0 aliphatic rings. The van der Waals surface area contributed by atoms with Gasteiger partial charge in [-0.15, -0.1) is 5.10 Å². The van der Waals surface area contributed by atoms with Crippen molar-refractivity contribution in [2.45, 2.75) is 17.3 Å². The van der Waals surface area contributed by atoms with Crippen molar-refractivity contribution < 1.29 is 18.0 Å². The van der Waals surface area contributed by atoms with Crippen molar-refractivity contribution in [1.82, 2.24) is 15.2 Å². The molecule has 5 nitrogen and oxygen atoms in total. The number of benzene rings is 2. The molecule has 0 saturated heterocycles. The molecular weight excluding hydrogens is 365 g/mol. The summed E-state index contributed by atoms with van der Waals surface area (Å²) in [4.78, 5) is 16.3. The Bertz CT molecular complexity index is 927. The Morgan fingerprint density at radius 2 is 1.73 bits per heavy atom. The summed E-state index contributed by atoms with van der Waals surface area (Å²) in [5.74, 6) is -2.58. The van der Waals surface area contributed by atoms with E-state index in [9.17, 15) is 18.0 Å². The monoisotopic (exact) mass is 378 g/mol. The Balaban J connectivity index is 1.69. The molecule has 1 unspecified atom stereocenters. The van der Waals surface area contributed by atoms with Gasteiger partial charge >= 0.3 is 0 Å². The number of thioether (sulfide) groups is 1. The minimum absolute atomic E-state index is 0.208. The highest BCUT2D eigenvalue weighted by molar-refractivity contribution is 8.00. The molecule has 0 radical (unpaired) electrons. The van der Waals surface area contributed by atoms with Gasteiger partial charge in [0, 0.05) is 0 Å². The van der Waals surface area contributed by atoms with Gasteiger partial charge in [0.25, 0.3) is 0 Å². The van der Waals surface area contributed by atoms with Crippen LogP contribution in [0.5, 0.6) is 0 Å². The Hall–Kier alpha value is -2.81. The number of para-hydroxylation sites is 1. The fourth-order valence-electron chi connectivity index (χ4n) is 2.13. The zero-order valence-electron chi connectivity index (χ0n) is 13.5. The first-order valence-corrected chi connectivity index (χ1v) is 8.42. The number of nitrogens with zero attached hydrogens (tertiary/aromatic N) is 2. The first kappa shape index (κ1) is 18.0. The minimum atomic E-state index is -0.865. The Morgan fingerprint density at radius 3 is 2.42 bits per heavy atom. The third-order valence-corrected chi connectivity index (χ3v) is 4.42. The van der Waals surface area contributed by atoms with Crippen molar-refractivity contribution in [2.24, 2.45) is 0 Å². The van der Waals surface area contributed by atoms with Crippen LogP contribution in [0.1, 0.15) is 6.92 Å². The van der Waals surface area contributed by atoms with Crippen LogP contribution in [0, 0.1) is 17.5 Å². The fourth-order valence-corrected chi connectivity index (χ4v) is 2.85. The van der Waals surface area contributed by atoms with Gasteiger partial charge in [0.15, 0.2) is 5.82 Å². The number of carbonyl (C=O) groups excluding carboxylic acids is 1.